The van der Waals surface area contributed by atoms with Crippen molar-refractivity contribution in [2.45, 2.75) is 18.9 Å². The average Bonchev–Trinajstić information content (AvgIpc) is 2.91. The van der Waals surface area contributed by atoms with Crippen molar-refractivity contribution in [3.63, 3.8) is 0 Å². The molecule has 1 aromatic carbocycles. The van der Waals surface area contributed by atoms with Crippen LogP contribution in [0.5, 0.6) is 0 Å². The number of aromatic nitrogens is 2. The van der Waals surface area contributed by atoms with Gasteiger partial charge in [-0.15, -0.1) is 0 Å². The smallest absolute Gasteiger partial charge is 0.274 e. The highest BCUT2D eigenvalue weighted by atomic mass is 16.3. The van der Waals surface area contributed by atoms with Crippen molar-refractivity contribution in [2.75, 3.05) is 13.1 Å². The number of β-amino-alcohol motifs (C(OH)–C–C–N with tert-alkyl or cyclic N) is 1. The summed E-state index contributed by atoms with van der Waals surface area (Å²) in [5.74, 6) is -0.291. The van der Waals surface area contributed by atoms with Crippen LogP contribution in [-0.2, 0) is 5.60 Å². The van der Waals surface area contributed by atoms with Crippen molar-refractivity contribution < 1.29 is 9.90 Å². The fourth-order valence-electron chi connectivity index (χ4n) is 2.90. The molecule has 1 fully saturated rings. The lowest BCUT2D eigenvalue weighted by atomic mass is 9.89. The fourth-order valence-corrected chi connectivity index (χ4v) is 2.90. The molecule has 22 heavy (non-hydrogen) atoms. The first-order chi connectivity index (χ1) is 10.5. The molecule has 0 bridgehead atoms. The van der Waals surface area contributed by atoms with E-state index >= 15 is 0 Å². The van der Waals surface area contributed by atoms with Gasteiger partial charge in [-0.25, -0.2) is 4.98 Å². The predicted octanol–water partition coefficient (Wildman–Crippen LogP) is 0.812. The second kappa shape index (κ2) is 5.38. The van der Waals surface area contributed by atoms with E-state index in [1.807, 2.05) is 31.2 Å². The number of likely N-dealkylation sites (tertiary alicyclic amines) is 1. The van der Waals surface area contributed by atoms with Gasteiger partial charge in [0.25, 0.3) is 11.5 Å². The Morgan fingerprint density at radius 2 is 2.18 bits per heavy atom. The van der Waals surface area contributed by atoms with Crippen LogP contribution in [0.1, 0.15) is 28.0 Å². The van der Waals surface area contributed by atoms with Gasteiger partial charge >= 0.3 is 0 Å². The van der Waals surface area contributed by atoms with Gasteiger partial charge in [0.05, 0.1) is 12.7 Å². The largest absolute Gasteiger partial charge is 0.383 e. The van der Waals surface area contributed by atoms with Gasteiger partial charge < -0.3 is 15.0 Å². The maximum Gasteiger partial charge on any atom is 0.274 e. The number of aliphatic hydroxyl groups is 1. The molecule has 1 aliphatic heterocycles. The zero-order valence-corrected chi connectivity index (χ0v) is 12.2. The van der Waals surface area contributed by atoms with E-state index in [-0.39, 0.29) is 23.7 Å². The van der Waals surface area contributed by atoms with Crippen LogP contribution in [0.15, 0.2) is 41.5 Å². The fraction of sp³-hybridized carbons (Fsp3) is 0.312. The highest BCUT2D eigenvalue weighted by molar-refractivity contribution is 5.92. The first-order valence-electron chi connectivity index (χ1n) is 7.12. The van der Waals surface area contributed by atoms with Crippen molar-refractivity contribution in [1.29, 1.82) is 0 Å². The summed E-state index contributed by atoms with van der Waals surface area (Å²) in [6, 6.07) is 7.64. The number of hydrogen-bond acceptors (Lipinski definition) is 4. The number of aromatic amines is 1. The van der Waals surface area contributed by atoms with Crippen LogP contribution in [0.2, 0.25) is 0 Å². The topological polar surface area (TPSA) is 86.3 Å². The maximum absolute atomic E-state index is 12.4. The number of nitrogens with zero attached hydrogens (tertiary/aromatic N) is 2. The Kier molecular flexibility index (Phi) is 3.54. The number of H-pyrrole nitrogens is 1. The van der Waals surface area contributed by atoms with Gasteiger partial charge in [0, 0.05) is 12.7 Å². The average molecular weight is 299 g/mol. The molecule has 2 aromatic rings. The zero-order valence-electron chi connectivity index (χ0n) is 12.2. The summed E-state index contributed by atoms with van der Waals surface area (Å²) < 4.78 is 0. The van der Waals surface area contributed by atoms with Crippen LogP contribution in [0.4, 0.5) is 0 Å². The van der Waals surface area contributed by atoms with Gasteiger partial charge in [0.2, 0.25) is 0 Å². The van der Waals surface area contributed by atoms with Gasteiger partial charge in [-0.05, 0) is 24.5 Å². The molecular weight excluding hydrogens is 282 g/mol. The number of benzene rings is 1. The van der Waals surface area contributed by atoms with E-state index in [1.165, 1.54) is 6.20 Å². The van der Waals surface area contributed by atoms with E-state index in [9.17, 15) is 14.7 Å². The minimum atomic E-state index is -1.04. The molecule has 0 saturated carbocycles. The Morgan fingerprint density at radius 3 is 2.86 bits per heavy atom. The van der Waals surface area contributed by atoms with Gasteiger partial charge in [0.1, 0.15) is 11.3 Å². The van der Waals surface area contributed by atoms with Crippen molar-refractivity contribution >= 4 is 5.91 Å². The molecule has 0 aliphatic carbocycles. The molecular formula is C16H17N3O3. The van der Waals surface area contributed by atoms with E-state index in [4.69, 9.17) is 0 Å². The SMILES string of the molecule is Cc1ccccc1[C@@]1(O)CCN(C(=O)c2c[nH]c(=O)cn2)C1. The molecule has 6 heteroatoms. The lowest BCUT2D eigenvalue weighted by molar-refractivity contribution is 0.0410. The van der Waals surface area contributed by atoms with E-state index < -0.39 is 5.60 Å². The Morgan fingerprint density at radius 1 is 1.41 bits per heavy atom. The molecule has 0 spiro atoms. The Balaban J connectivity index is 1.82. The zero-order chi connectivity index (χ0) is 15.7. The second-order valence-electron chi connectivity index (χ2n) is 5.62. The first kappa shape index (κ1) is 14.5. The Labute approximate surface area is 127 Å². The molecule has 1 amide bonds. The minimum absolute atomic E-state index is 0.175. The molecule has 0 radical (unpaired) electrons. The van der Waals surface area contributed by atoms with E-state index in [0.717, 1.165) is 17.3 Å². The maximum atomic E-state index is 12.4. The molecule has 0 unspecified atom stereocenters. The van der Waals surface area contributed by atoms with E-state index in [0.29, 0.717) is 13.0 Å². The molecule has 1 saturated heterocycles. The summed E-state index contributed by atoms with van der Waals surface area (Å²) in [7, 11) is 0. The molecule has 2 N–H and O–H groups in total. The van der Waals surface area contributed by atoms with Crippen LogP contribution in [0.3, 0.4) is 0 Å². The van der Waals surface area contributed by atoms with E-state index in [1.54, 1.807) is 4.90 Å². The van der Waals surface area contributed by atoms with Gasteiger partial charge in [-0.2, -0.15) is 0 Å². The summed E-state index contributed by atoms with van der Waals surface area (Å²) in [5.41, 5.74) is 0.632. The number of nitrogens with one attached hydrogen (secondary N) is 1. The molecule has 1 atom stereocenters. The predicted molar refractivity (Wildman–Crippen MR) is 80.5 cm³/mol. The van der Waals surface area contributed by atoms with Gasteiger partial charge in [-0.1, -0.05) is 24.3 Å². The van der Waals surface area contributed by atoms with Gasteiger partial charge in [0.15, 0.2) is 0 Å². The number of carbonyl (C=O) groups is 1. The molecule has 3 rings (SSSR count). The van der Waals surface area contributed by atoms with Crippen molar-refractivity contribution in [3.05, 3.63) is 63.8 Å². The summed E-state index contributed by atoms with van der Waals surface area (Å²) in [4.78, 5) is 31.2. The third-order valence-corrected chi connectivity index (χ3v) is 4.07. The van der Waals surface area contributed by atoms with Crippen LogP contribution in [0.25, 0.3) is 0 Å². The molecule has 114 valence electrons. The number of carbonyl (C=O) groups excluding carboxylic acids is 1. The Bertz CT molecular complexity index is 751. The second-order valence-corrected chi connectivity index (χ2v) is 5.62. The molecule has 6 nitrogen and oxygen atoms in total. The van der Waals surface area contributed by atoms with Crippen molar-refractivity contribution in [3.8, 4) is 0 Å². The lowest BCUT2D eigenvalue weighted by Crippen LogP contribution is -2.35. The summed E-state index contributed by atoms with van der Waals surface area (Å²) >= 11 is 0. The van der Waals surface area contributed by atoms with E-state index in [2.05, 4.69) is 9.97 Å². The summed E-state index contributed by atoms with van der Waals surface area (Å²) in [6.45, 7) is 2.61. The third kappa shape index (κ3) is 2.53. The highest BCUT2D eigenvalue weighted by Crippen LogP contribution is 2.34. The monoisotopic (exact) mass is 299 g/mol. The highest BCUT2D eigenvalue weighted by Gasteiger charge is 2.40. The van der Waals surface area contributed by atoms with Crippen LogP contribution >= 0.6 is 0 Å². The normalized spacial score (nSPS) is 21.1. The minimum Gasteiger partial charge on any atom is -0.383 e. The van der Waals surface area contributed by atoms with Crippen molar-refractivity contribution in [1.82, 2.24) is 14.9 Å². The first-order valence-corrected chi connectivity index (χ1v) is 7.12. The lowest BCUT2D eigenvalue weighted by Gasteiger charge is -2.25. The van der Waals surface area contributed by atoms with Crippen LogP contribution < -0.4 is 5.56 Å². The number of amides is 1. The number of rotatable bonds is 2. The molecule has 2 heterocycles. The quantitative estimate of drug-likeness (QED) is 0.859. The summed E-state index contributed by atoms with van der Waals surface area (Å²) in [6.07, 6.45) is 2.86. The standard InChI is InChI=1S/C16H17N3O3/c1-11-4-2-3-5-12(11)16(22)6-7-19(10-16)15(21)13-8-18-14(20)9-17-13/h2-5,8-9,22H,6-7,10H2,1H3,(H,18,20)/t16-/m1/s1. The third-order valence-electron chi connectivity index (χ3n) is 4.07. The number of aryl methyl sites for hydroxylation is 1. The molecule has 1 aliphatic rings. The number of hydrogen-bond donors (Lipinski definition) is 2. The summed E-state index contributed by atoms with van der Waals surface area (Å²) in [5, 5.41) is 10.9. The Hall–Kier alpha value is -2.47. The van der Waals surface area contributed by atoms with Crippen molar-refractivity contribution in [2.24, 2.45) is 0 Å². The van der Waals surface area contributed by atoms with Crippen LogP contribution in [0, 0.1) is 6.92 Å². The van der Waals surface area contributed by atoms with Gasteiger partial charge in [-0.3, -0.25) is 9.59 Å². The van der Waals surface area contributed by atoms with Crippen LogP contribution in [-0.4, -0.2) is 39.0 Å². The molecule has 1 aromatic heterocycles.